The molecule has 0 amide bonds. The molecule has 0 atom stereocenters. The zero-order valence-electron chi connectivity index (χ0n) is 9.48. The summed E-state index contributed by atoms with van der Waals surface area (Å²) in [5.74, 6) is 0. The topological polar surface area (TPSA) is 34.4 Å². The van der Waals surface area contributed by atoms with Crippen LogP contribution in [0.1, 0.15) is 38.3 Å². The first-order chi connectivity index (χ1) is 7.81. The minimum Gasteiger partial charge on any atom is -0.269 e. The molecule has 0 aliphatic heterocycles. The Hall–Kier alpha value is -1.16. The minimum atomic E-state index is 0.0386. The second-order valence-electron chi connectivity index (χ2n) is 3.95. The number of thiazole rings is 1. The van der Waals surface area contributed by atoms with Crippen LogP contribution in [0.5, 0.6) is 0 Å². The van der Waals surface area contributed by atoms with Gasteiger partial charge in [-0.3, -0.25) is 9.20 Å². The Balaban J connectivity index is 2.10. The number of unbranched alkanes of at least 4 members (excludes halogenated alkanes) is 3. The molecule has 3 nitrogen and oxygen atoms in total. The van der Waals surface area contributed by atoms with Crippen LogP contribution >= 0.6 is 11.3 Å². The van der Waals surface area contributed by atoms with E-state index in [0.717, 1.165) is 23.5 Å². The molecule has 0 radical (unpaired) electrons. The molecule has 0 unspecified atom stereocenters. The minimum absolute atomic E-state index is 0.0386. The van der Waals surface area contributed by atoms with E-state index in [2.05, 4.69) is 11.9 Å². The van der Waals surface area contributed by atoms with Gasteiger partial charge in [-0.25, -0.2) is 4.98 Å². The molecule has 2 heterocycles. The quantitative estimate of drug-likeness (QED) is 0.748. The van der Waals surface area contributed by atoms with Crippen molar-refractivity contribution in [2.45, 2.75) is 39.0 Å². The summed E-state index contributed by atoms with van der Waals surface area (Å²) >= 11 is 1.51. The molecule has 2 aromatic rings. The summed E-state index contributed by atoms with van der Waals surface area (Å²) < 4.78 is 1.60. The molecule has 0 aliphatic rings. The van der Waals surface area contributed by atoms with Crippen molar-refractivity contribution >= 4 is 16.3 Å². The van der Waals surface area contributed by atoms with Gasteiger partial charge in [0.25, 0.3) is 5.56 Å². The summed E-state index contributed by atoms with van der Waals surface area (Å²) in [5.41, 5.74) is 0.972. The predicted octanol–water partition coefficient (Wildman–Crippen LogP) is 2.88. The van der Waals surface area contributed by atoms with E-state index < -0.39 is 0 Å². The summed E-state index contributed by atoms with van der Waals surface area (Å²) in [5, 5.41) is 1.89. The van der Waals surface area contributed by atoms with Crippen molar-refractivity contribution in [3.8, 4) is 0 Å². The lowest BCUT2D eigenvalue weighted by atomic mass is 10.1. The van der Waals surface area contributed by atoms with Gasteiger partial charge >= 0.3 is 0 Å². The maximum atomic E-state index is 11.7. The molecule has 0 aliphatic carbocycles. The van der Waals surface area contributed by atoms with E-state index in [4.69, 9.17) is 0 Å². The fourth-order valence-electron chi connectivity index (χ4n) is 1.75. The third-order valence-electron chi connectivity index (χ3n) is 2.64. The third kappa shape index (κ3) is 2.50. The number of hydrogen-bond donors (Lipinski definition) is 0. The van der Waals surface area contributed by atoms with Gasteiger partial charge < -0.3 is 0 Å². The van der Waals surface area contributed by atoms with Crippen LogP contribution in [-0.4, -0.2) is 9.38 Å². The summed E-state index contributed by atoms with van der Waals surface area (Å²) in [6.07, 6.45) is 7.55. The molecule has 16 heavy (non-hydrogen) atoms. The molecular weight excluding hydrogens is 220 g/mol. The highest BCUT2D eigenvalue weighted by Gasteiger charge is 2.02. The summed E-state index contributed by atoms with van der Waals surface area (Å²) in [6.45, 7) is 2.20. The standard InChI is InChI=1S/C12H16N2OS/c1-2-3-4-5-6-10-9-11(15)14-7-8-16-12(14)13-10/h7-9H,2-6H2,1H3. The first-order valence-corrected chi connectivity index (χ1v) is 6.65. The fourth-order valence-corrected chi connectivity index (χ4v) is 2.49. The Morgan fingerprint density at radius 3 is 3.06 bits per heavy atom. The predicted molar refractivity (Wildman–Crippen MR) is 67.2 cm³/mol. The van der Waals surface area contributed by atoms with Gasteiger partial charge in [-0.1, -0.05) is 26.2 Å². The maximum Gasteiger partial charge on any atom is 0.258 e. The highest BCUT2D eigenvalue weighted by molar-refractivity contribution is 7.15. The Labute approximate surface area is 98.8 Å². The van der Waals surface area contributed by atoms with E-state index in [1.54, 1.807) is 16.7 Å². The average Bonchev–Trinajstić information content (AvgIpc) is 2.73. The second-order valence-corrected chi connectivity index (χ2v) is 4.82. The average molecular weight is 236 g/mol. The molecule has 0 saturated heterocycles. The van der Waals surface area contributed by atoms with Gasteiger partial charge in [0.05, 0.1) is 0 Å². The molecule has 2 rings (SSSR count). The largest absolute Gasteiger partial charge is 0.269 e. The van der Waals surface area contributed by atoms with Crippen LogP contribution in [0.3, 0.4) is 0 Å². The Kier molecular flexibility index (Phi) is 3.72. The number of fused-ring (bicyclic) bond motifs is 1. The van der Waals surface area contributed by atoms with E-state index >= 15 is 0 Å². The van der Waals surface area contributed by atoms with E-state index in [-0.39, 0.29) is 5.56 Å². The van der Waals surface area contributed by atoms with Crippen molar-refractivity contribution in [3.63, 3.8) is 0 Å². The Morgan fingerprint density at radius 2 is 2.25 bits per heavy atom. The summed E-state index contributed by atoms with van der Waals surface area (Å²) in [6, 6.07) is 1.66. The van der Waals surface area contributed by atoms with Crippen LogP contribution < -0.4 is 5.56 Å². The molecular formula is C12H16N2OS. The van der Waals surface area contributed by atoms with Crippen molar-refractivity contribution < 1.29 is 0 Å². The molecule has 0 N–H and O–H groups in total. The number of aromatic nitrogens is 2. The SMILES string of the molecule is CCCCCCc1cc(=O)n2ccsc2n1. The van der Waals surface area contributed by atoms with Crippen LogP contribution in [0, 0.1) is 0 Å². The normalized spacial score (nSPS) is 11.1. The van der Waals surface area contributed by atoms with Crippen LogP contribution in [0.25, 0.3) is 4.96 Å². The lowest BCUT2D eigenvalue weighted by Crippen LogP contribution is -2.12. The number of aryl methyl sites for hydroxylation is 1. The smallest absolute Gasteiger partial charge is 0.258 e. The van der Waals surface area contributed by atoms with Gasteiger partial charge in [-0.05, 0) is 12.8 Å². The van der Waals surface area contributed by atoms with Crippen molar-refractivity contribution in [2.75, 3.05) is 0 Å². The highest BCUT2D eigenvalue weighted by Crippen LogP contribution is 2.09. The molecule has 0 fully saturated rings. The van der Waals surface area contributed by atoms with Crippen molar-refractivity contribution in [1.29, 1.82) is 0 Å². The molecule has 0 bridgehead atoms. The van der Waals surface area contributed by atoms with E-state index in [1.807, 2.05) is 5.38 Å². The van der Waals surface area contributed by atoms with Crippen LogP contribution in [0.4, 0.5) is 0 Å². The lowest BCUT2D eigenvalue weighted by molar-refractivity contribution is 0.660. The zero-order valence-corrected chi connectivity index (χ0v) is 10.3. The zero-order chi connectivity index (χ0) is 11.4. The molecule has 0 saturated carbocycles. The maximum absolute atomic E-state index is 11.7. The molecule has 2 aromatic heterocycles. The van der Waals surface area contributed by atoms with Crippen molar-refractivity contribution in [2.24, 2.45) is 0 Å². The van der Waals surface area contributed by atoms with Gasteiger partial charge in [0.2, 0.25) is 0 Å². The van der Waals surface area contributed by atoms with Crippen LogP contribution in [0.2, 0.25) is 0 Å². The Bertz CT molecular complexity index is 515. The lowest BCUT2D eigenvalue weighted by Gasteiger charge is -2.00. The van der Waals surface area contributed by atoms with Crippen LogP contribution in [0.15, 0.2) is 22.4 Å². The van der Waals surface area contributed by atoms with Crippen molar-refractivity contribution in [1.82, 2.24) is 9.38 Å². The van der Waals surface area contributed by atoms with E-state index in [0.29, 0.717) is 0 Å². The van der Waals surface area contributed by atoms with Crippen LogP contribution in [-0.2, 0) is 6.42 Å². The molecule has 0 spiro atoms. The Morgan fingerprint density at radius 1 is 1.38 bits per heavy atom. The van der Waals surface area contributed by atoms with Gasteiger partial charge in [-0.15, -0.1) is 11.3 Å². The summed E-state index contributed by atoms with van der Waals surface area (Å²) in [4.78, 5) is 17.0. The molecule has 4 heteroatoms. The molecule has 86 valence electrons. The third-order valence-corrected chi connectivity index (χ3v) is 3.40. The fraction of sp³-hybridized carbons (Fsp3) is 0.500. The monoisotopic (exact) mass is 236 g/mol. The number of nitrogens with zero attached hydrogens (tertiary/aromatic N) is 2. The first kappa shape index (κ1) is 11.3. The number of rotatable bonds is 5. The highest BCUT2D eigenvalue weighted by atomic mass is 32.1. The first-order valence-electron chi connectivity index (χ1n) is 5.77. The van der Waals surface area contributed by atoms with E-state index in [9.17, 15) is 4.79 Å². The molecule has 0 aromatic carbocycles. The summed E-state index contributed by atoms with van der Waals surface area (Å²) in [7, 11) is 0. The van der Waals surface area contributed by atoms with Crippen molar-refractivity contribution in [3.05, 3.63) is 33.7 Å². The van der Waals surface area contributed by atoms with E-state index in [1.165, 1.54) is 30.6 Å². The van der Waals surface area contributed by atoms with Gasteiger partial charge in [0.1, 0.15) is 0 Å². The number of hydrogen-bond acceptors (Lipinski definition) is 3. The van der Waals surface area contributed by atoms with Gasteiger partial charge in [0, 0.05) is 23.3 Å². The second kappa shape index (κ2) is 5.25. The van der Waals surface area contributed by atoms with Gasteiger partial charge in [0.15, 0.2) is 4.96 Å². The van der Waals surface area contributed by atoms with Gasteiger partial charge in [-0.2, -0.15) is 0 Å².